The molecular formula is C11H15N3. The van der Waals surface area contributed by atoms with Gasteiger partial charge in [0.15, 0.2) is 0 Å². The lowest BCUT2D eigenvalue weighted by atomic mass is 10.1. The van der Waals surface area contributed by atoms with Crippen molar-refractivity contribution < 1.29 is 0 Å². The van der Waals surface area contributed by atoms with Crippen molar-refractivity contribution in [3.05, 3.63) is 29.3 Å². The van der Waals surface area contributed by atoms with E-state index in [0.29, 0.717) is 0 Å². The van der Waals surface area contributed by atoms with E-state index in [1.807, 2.05) is 37.7 Å². The van der Waals surface area contributed by atoms with E-state index in [9.17, 15) is 0 Å². The van der Waals surface area contributed by atoms with Crippen LogP contribution < -0.4 is 5.32 Å². The van der Waals surface area contributed by atoms with E-state index in [4.69, 9.17) is 0 Å². The molecule has 1 N–H and O–H groups in total. The van der Waals surface area contributed by atoms with Crippen molar-refractivity contribution in [1.82, 2.24) is 0 Å². The molecule has 0 amide bonds. The first-order valence-corrected chi connectivity index (χ1v) is 4.47. The molecule has 0 unspecified atom stereocenters. The maximum atomic E-state index is 3.99. The molecule has 0 bridgehead atoms. The average molecular weight is 189 g/mol. The third-order valence-electron chi connectivity index (χ3n) is 1.82. The summed E-state index contributed by atoms with van der Waals surface area (Å²) >= 11 is 0. The van der Waals surface area contributed by atoms with Crippen LogP contribution in [0.15, 0.2) is 28.2 Å². The van der Waals surface area contributed by atoms with Gasteiger partial charge in [0.25, 0.3) is 0 Å². The van der Waals surface area contributed by atoms with E-state index < -0.39 is 0 Å². The molecule has 1 rings (SSSR count). The fraction of sp³-hybridized carbons (Fsp3) is 0.273. The molecule has 1 aromatic rings. The minimum Gasteiger partial charge on any atom is -0.388 e. The van der Waals surface area contributed by atoms with Gasteiger partial charge in [-0.05, 0) is 29.3 Å². The van der Waals surface area contributed by atoms with E-state index in [1.54, 1.807) is 14.1 Å². The number of benzene rings is 1. The summed E-state index contributed by atoms with van der Waals surface area (Å²) in [6.07, 6.45) is 3.65. The highest BCUT2D eigenvalue weighted by Gasteiger charge is 1.95. The Morgan fingerprint density at radius 3 is 1.86 bits per heavy atom. The van der Waals surface area contributed by atoms with Crippen LogP contribution in [0.25, 0.3) is 0 Å². The normalized spacial score (nSPS) is 11.4. The molecule has 0 aliphatic carbocycles. The molecule has 3 nitrogen and oxygen atoms in total. The standard InChI is InChI=1S/C11H15N3/c1-12-7-9-4-10(8-13-2)6-11(5-9)14-3/h4-8,14H,1-3H3. The second-order valence-electron chi connectivity index (χ2n) is 2.91. The molecule has 0 saturated heterocycles. The summed E-state index contributed by atoms with van der Waals surface area (Å²) in [4.78, 5) is 7.97. The zero-order valence-electron chi connectivity index (χ0n) is 8.78. The molecule has 0 saturated carbocycles. The van der Waals surface area contributed by atoms with E-state index in [1.165, 1.54) is 0 Å². The van der Waals surface area contributed by atoms with Gasteiger partial charge in [-0.3, -0.25) is 9.98 Å². The summed E-state index contributed by atoms with van der Waals surface area (Å²) in [6.45, 7) is 0. The number of nitrogens with zero attached hydrogens (tertiary/aromatic N) is 2. The van der Waals surface area contributed by atoms with Gasteiger partial charge in [0.05, 0.1) is 0 Å². The Balaban J connectivity index is 3.12. The molecule has 0 heterocycles. The fourth-order valence-electron chi connectivity index (χ4n) is 1.27. The first-order valence-electron chi connectivity index (χ1n) is 4.47. The van der Waals surface area contributed by atoms with Crippen LogP contribution in [0.5, 0.6) is 0 Å². The van der Waals surface area contributed by atoms with Gasteiger partial charge in [-0.1, -0.05) is 0 Å². The quantitative estimate of drug-likeness (QED) is 0.723. The molecule has 1 aromatic carbocycles. The number of hydrogen-bond acceptors (Lipinski definition) is 3. The highest BCUT2D eigenvalue weighted by atomic mass is 14.8. The average Bonchev–Trinajstić information content (AvgIpc) is 2.18. The van der Waals surface area contributed by atoms with Crippen molar-refractivity contribution in [1.29, 1.82) is 0 Å². The van der Waals surface area contributed by atoms with Gasteiger partial charge >= 0.3 is 0 Å². The molecule has 0 fully saturated rings. The van der Waals surface area contributed by atoms with E-state index >= 15 is 0 Å². The monoisotopic (exact) mass is 189 g/mol. The molecule has 0 atom stereocenters. The Morgan fingerprint density at radius 2 is 1.50 bits per heavy atom. The third-order valence-corrected chi connectivity index (χ3v) is 1.82. The summed E-state index contributed by atoms with van der Waals surface area (Å²) < 4.78 is 0. The Labute approximate surface area is 84.6 Å². The van der Waals surface area contributed by atoms with Crippen molar-refractivity contribution in [3.63, 3.8) is 0 Å². The highest BCUT2D eigenvalue weighted by Crippen LogP contribution is 2.12. The van der Waals surface area contributed by atoms with Crippen LogP contribution in [0.2, 0.25) is 0 Å². The second-order valence-corrected chi connectivity index (χ2v) is 2.91. The van der Waals surface area contributed by atoms with Gasteiger partial charge < -0.3 is 5.32 Å². The minimum atomic E-state index is 1.07. The van der Waals surface area contributed by atoms with Gasteiger partial charge in [-0.15, -0.1) is 0 Å². The van der Waals surface area contributed by atoms with Crippen molar-refractivity contribution in [2.75, 3.05) is 26.5 Å². The van der Waals surface area contributed by atoms with Crippen molar-refractivity contribution in [2.24, 2.45) is 9.98 Å². The van der Waals surface area contributed by atoms with Crippen LogP contribution in [0.3, 0.4) is 0 Å². The van der Waals surface area contributed by atoms with Gasteiger partial charge in [0.2, 0.25) is 0 Å². The van der Waals surface area contributed by atoms with Gasteiger partial charge in [-0.25, -0.2) is 0 Å². The first-order chi connectivity index (χ1) is 6.80. The number of rotatable bonds is 3. The molecule has 0 radical (unpaired) electrons. The molecular weight excluding hydrogens is 174 g/mol. The van der Waals surface area contributed by atoms with E-state index in [0.717, 1.165) is 16.8 Å². The Morgan fingerprint density at radius 1 is 1.00 bits per heavy atom. The Kier molecular flexibility index (Phi) is 3.85. The summed E-state index contributed by atoms with van der Waals surface area (Å²) in [5, 5.41) is 3.10. The van der Waals surface area contributed by atoms with Crippen LogP contribution in [-0.4, -0.2) is 33.6 Å². The molecule has 0 aromatic heterocycles. The molecule has 0 spiro atoms. The lowest BCUT2D eigenvalue weighted by Gasteiger charge is -2.03. The summed E-state index contributed by atoms with van der Waals surface area (Å²) in [5.74, 6) is 0. The molecule has 74 valence electrons. The second kappa shape index (κ2) is 5.17. The van der Waals surface area contributed by atoms with Gasteiger partial charge in [-0.2, -0.15) is 0 Å². The molecule has 0 aliphatic rings. The minimum absolute atomic E-state index is 1.07. The predicted octanol–water partition coefficient (Wildman–Crippen LogP) is 1.83. The topological polar surface area (TPSA) is 36.8 Å². The predicted molar refractivity (Wildman–Crippen MR) is 63.0 cm³/mol. The maximum absolute atomic E-state index is 3.99. The zero-order valence-corrected chi connectivity index (χ0v) is 8.78. The summed E-state index contributed by atoms with van der Waals surface area (Å²) in [6, 6.07) is 6.13. The van der Waals surface area contributed by atoms with Crippen molar-refractivity contribution in [2.45, 2.75) is 0 Å². The summed E-state index contributed by atoms with van der Waals surface area (Å²) in [5.41, 5.74) is 3.22. The van der Waals surface area contributed by atoms with Crippen LogP contribution in [-0.2, 0) is 0 Å². The molecule has 14 heavy (non-hydrogen) atoms. The SMILES string of the molecule is CN=Cc1cc(C=NC)cc(NC)c1. The molecule has 0 aliphatic heterocycles. The maximum Gasteiger partial charge on any atom is 0.0350 e. The smallest absolute Gasteiger partial charge is 0.0350 e. The fourth-order valence-corrected chi connectivity index (χ4v) is 1.27. The number of anilines is 1. The van der Waals surface area contributed by atoms with Crippen LogP contribution >= 0.6 is 0 Å². The third kappa shape index (κ3) is 2.69. The lowest BCUT2D eigenvalue weighted by Crippen LogP contribution is -1.93. The van der Waals surface area contributed by atoms with Crippen LogP contribution in [0.1, 0.15) is 11.1 Å². The Bertz CT molecular complexity index is 323. The highest BCUT2D eigenvalue weighted by molar-refractivity contribution is 5.88. The van der Waals surface area contributed by atoms with Crippen molar-refractivity contribution in [3.8, 4) is 0 Å². The van der Waals surface area contributed by atoms with Gasteiger partial charge in [0.1, 0.15) is 0 Å². The number of hydrogen-bond donors (Lipinski definition) is 1. The Hall–Kier alpha value is -1.64. The van der Waals surface area contributed by atoms with Gasteiger partial charge in [0, 0.05) is 39.3 Å². The van der Waals surface area contributed by atoms with E-state index in [-0.39, 0.29) is 0 Å². The molecule has 3 heteroatoms. The lowest BCUT2D eigenvalue weighted by molar-refractivity contribution is 1.43. The van der Waals surface area contributed by atoms with Crippen molar-refractivity contribution >= 4 is 18.1 Å². The van der Waals surface area contributed by atoms with E-state index in [2.05, 4.69) is 15.3 Å². The summed E-state index contributed by atoms with van der Waals surface area (Å²) in [7, 11) is 5.42. The number of aliphatic imine (C=N–C) groups is 2. The largest absolute Gasteiger partial charge is 0.388 e. The van der Waals surface area contributed by atoms with Crippen LogP contribution in [0, 0.1) is 0 Å². The van der Waals surface area contributed by atoms with Crippen LogP contribution in [0.4, 0.5) is 5.69 Å². The number of nitrogens with one attached hydrogen (secondary N) is 1. The first kappa shape index (κ1) is 10.4. The zero-order chi connectivity index (χ0) is 10.4.